The average molecular weight is 570 g/mol. The second-order valence-electron chi connectivity index (χ2n) is 8.24. The molecule has 1 aromatic carbocycles. The molecule has 176 valence electrons. The minimum absolute atomic E-state index is 0. The van der Waals surface area contributed by atoms with E-state index >= 15 is 0 Å². The molecule has 1 amide bonds. The standard InChI is InChI=1S/C24H35N5OS.HI/c1-4-25-24(27-17-21(28(2)3)22-11-8-14-31-22)26-16-20-15-23(30)29(18-20)13-12-19-9-6-5-7-10-19;/h5-11,14,20-21H,4,12-13,15-18H2,1-3H3,(H2,25,26,27);1H. The van der Waals surface area contributed by atoms with Crippen LogP contribution < -0.4 is 10.6 Å². The van der Waals surface area contributed by atoms with Crippen LogP contribution >= 0.6 is 35.3 Å². The summed E-state index contributed by atoms with van der Waals surface area (Å²) in [5.74, 6) is 1.39. The molecule has 2 N–H and O–H groups in total. The monoisotopic (exact) mass is 569 g/mol. The normalized spacial score (nSPS) is 17.4. The molecule has 0 radical (unpaired) electrons. The smallest absolute Gasteiger partial charge is 0.223 e. The quantitative estimate of drug-likeness (QED) is 0.261. The molecule has 32 heavy (non-hydrogen) atoms. The minimum Gasteiger partial charge on any atom is -0.357 e. The van der Waals surface area contributed by atoms with Gasteiger partial charge in [-0.2, -0.15) is 0 Å². The van der Waals surface area contributed by atoms with Gasteiger partial charge in [-0.15, -0.1) is 35.3 Å². The van der Waals surface area contributed by atoms with Gasteiger partial charge < -0.3 is 20.4 Å². The predicted molar refractivity (Wildman–Crippen MR) is 145 cm³/mol. The van der Waals surface area contributed by atoms with Crippen LogP contribution in [-0.4, -0.2) is 68.5 Å². The SMILES string of the molecule is CCNC(=NCC(c1cccs1)N(C)C)NCC1CC(=O)N(CCc2ccccc2)C1.I. The lowest BCUT2D eigenvalue weighted by molar-refractivity contribution is -0.127. The number of guanidine groups is 1. The van der Waals surface area contributed by atoms with Gasteiger partial charge in [0.1, 0.15) is 0 Å². The van der Waals surface area contributed by atoms with E-state index in [0.717, 1.165) is 38.6 Å². The highest BCUT2D eigenvalue weighted by Crippen LogP contribution is 2.23. The summed E-state index contributed by atoms with van der Waals surface area (Å²) < 4.78 is 0. The van der Waals surface area contributed by atoms with E-state index in [9.17, 15) is 4.79 Å². The number of halogens is 1. The van der Waals surface area contributed by atoms with Crippen LogP contribution in [-0.2, 0) is 11.2 Å². The molecule has 1 aliphatic rings. The van der Waals surface area contributed by atoms with E-state index < -0.39 is 0 Å². The van der Waals surface area contributed by atoms with Gasteiger partial charge in [0.05, 0.1) is 12.6 Å². The number of aliphatic imine (C=N–C) groups is 1. The minimum atomic E-state index is 0. The van der Waals surface area contributed by atoms with Crippen molar-refractivity contribution >= 4 is 47.2 Å². The van der Waals surface area contributed by atoms with Crippen LogP contribution in [0.1, 0.15) is 29.8 Å². The lowest BCUT2D eigenvalue weighted by Crippen LogP contribution is -2.41. The molecule has 2 atom stereocenters. The van der Waals surface area contributed by atoms with Crippen LogP contribution in [0.25, 0.3) is 0 Å². The number of likely N-dealkylation sites (N-methyl/N-ethyl adjacent to an activating group) is 1. The fraction of sp³-hybridized carbons (Fsp3) is 0.500. The van der Waals surface area contributed by atoms with Crippen molar-refractivity contribution in [2.24, 2.45) is 10.9 Å². The van der Waals surface area contributed by atoms with Crippen molar-refractivity contribution in [3.63, 3.8) is 0 Å². The maximum Gasteiger partial charge on any atom is 0.223 e. The fourth-order valence-corrected chi connectivity index (χ4v) is 4.78. The van der Waals surface area contributed by atoms with Gasteiger partial charge in [-0.1, -0.05) is 36.4 Å². The summed E-state index contributed by atoms with van der Waals surface area (Å²) in [6, 6.07) is 14.9. The Kier molecular flexibility index (Phi) is 11.5. The van der Waals surface area contributed by atoms with Gasteiger partial charge in [0.15, 0.2) is 5.96 Å². The van der Waals surface area contributed by atoms with Gasteiger partial charge in [-0.05, 0) is 44.4 Å². The van der Waals surface area contributed by atoms with Crippen molar-refractivity contribution in [2.45, 2.75) is 25.8 Å². The number of hydrogen-bond acceptors (Lipinski definition) is 4. The zero-order chi connectivity index (χ0) is 22.1. The van der Waals surface area contributed by atoms with Gasteiger partial charge in [-0.25, -0.2) is 0 Å². The number of carbonyl (C=O) groups excluding carboxylic acids is 1. The second kappa shape index (κ2) is 13.8. The Morgan fingerprint density at radius 1 is 1.22 bits per heavy atom. The van der Waals surface area contributed by atoms with Crippen LogP contribution in [0, 0.1) is 5.92 Å². The zero-order valence-electron chi connectivity index (χ0n) is 19.3. The van der Waals surface area contributed by atoms with Crippen molar-refractivity contribution in [1.29, 1.82) is 0 Å². The van der Waals surface area contributed by atoms with E-state index in [1.807, 2.05) is 11.0 Å². The Morgan fingerprint density at radius 2 is 2.00 bits per heavy atom. The maximum atomic E-state index is 12.4. The Bertz CT molecular complexity index is 828. The number of carbonyl (C=O) groups is 1. The van der Waals surface area contributed by atoms with Gasteiger partial charge in [0, 0.05) is 43.4 Å². The van der Waals surface area contributed by atoms with Gasteiger partial charge >= 0.3 is 0 Å². The molecule has 6 nitrogen and oxygen atoms in total. The largest absolute Gasteiger partial charge is 0.357 e. The molecule has 2 aromatic rings. The number of nitrogens with one attached hydrogen (secondary N) is 2. The summed E-state index contributed by atoms with van der Waals surface area (Å²) in [5.41, 5.74) is 1.28. The number of benzene rings is 1. The Morgan fingerprint density at radius 3 is 2.66 bits per heavy atom. The van der Waals surface area contributed by atoms with Crippen molar-refractivity contribution in [3.8, 4) is 0 Å². The summed E-state index contributed by atoms with van der Waals surface area (Å²) in [7, 11) is 4.18. The number of amides is 1. The van der Waals surface area contributed by atoms with Crippen LogP contribution in [0.3, 0.4) is 0 Å². The topological polar surface area (TPSA) is 60.0 Å². The Labute approximate surface area is 213 Å². The molecular weight excluding hydrogens is 533 g/mol. The van der Waals surface area contributed by atoms with Crippen molar-refractivity contribution < 1.29 is 4.79 Å². The van der Waals surface area contributed by atoms with Gasteiger partial charge in [0.2, 0.25) is 5.91 Å². The van der Waals surface area contributed by atoms with E-state index in [-0.39, 0.29) is 35.9 Å². The summed E-state index contributed by atoms with van der Waals surface area (Å²) in [5, 5.41) is 8.91. The van der Waals surface area contributed by atoms with E-state index in [4.69, 9.17) is 4.99 Å². The van der Waals surface area contributed by atoms with Gasteiger partial charge in [-0.3, -0.25) is 9.79 Å². The number of hydrogen-bond donors (Lipinski definition) is 2. The molecule has 0 aliphatic carbocycles. The lowest BCUT2D eigenvalue weighted by Gasteiger charge is -2.22. The molecule has 8 heteroatoms. The first-order chi connectivity index (χ1) is 15.1. The third-order valence-electron chi connectivity index (χ3n) is 5.63. The van der Waals surface area contributed by atoms with E-state index in [1.54, 1.807) is 11.3 Å². The highest BCUT2D eigenvalue weighted by molar-refractivity contribution is 14.0. The molecule has 2 heterocycles. The second-order valence-corrected chi connectivity index (χ2v) is 9.22. The number of likely N-dealkylation sites (tertiary alicyclic amines) is 1. The van der Waals surface area contributed by atoms with Crippen molar-refractivity contribution in [2.75, 3.05) is 46.8 Å². The zero-order valence-corrected chi connectivity index (χ0v) is 22.4. The van der Waals surface area contributed by atoms with Crippen LogP contribution in [0.2, 0.25) is 0 Å². The highest BCUT2D eigenvalue weighted by Gasteiger charge is 2.29. The summed E-state index contributed by atoms with van der Waals surface area (Å²) >= 11 is 1.77. The molecule has 0 saturated carbocycles. The number of rotatable bonds is 10. The molecule has 0 spiro atoms. The molecule has 3 rings (SSSR count). The van der Waals surface area contributed by atoms with E-state index in [2.05, 4.69) is 78.3 Å². The Hall–Kier alpha value is -1.65. The molecule has 0 bridgehead atoms. The summed E-state index contributed by atoms with van der Waals surface area (Å²) in [4.78, 5) is 22.8. The number of nitrogens with zero attached hydrogens (tertiary/aromatic N) is 3. The van der Waals surface area contributed by atoms with Gasteiger partial charge in [0.25, 0.3) is 0 Å². The third-order valence-corrected chi connectivity index (χ3v) is 6.60. The summed E-state index contributed by atoms with van der Waals surface area (Å²) in [6.45, 7) is 5.93. The maximum absolute atomic E-state index is 12.4. The first-order valence-electron chi connectivity index (χ1n) is 11.1. The van der Waals surface area contributed by atoms with Crippen molar-refractivity contribution in [1.82, 2.24) is 20.4 Å². The van der Waals surface area contributed by atoms with Crippen LogP contribution in [0.5, 0.6) is 0 Å². The van der Waals surface area contributed by atoms with E-state index in [0.29, 0.717) is 18.9 Å². The fourth-order valence-electron chi connectivity index (χ4n) is 3.86. The predicted octanol–water partition coefficient (Wildman–Crippen LogP) is 3.62. The average Bonchev–Trinajstić information content (AvgIpc) is 3.41. The molecule has 1 fully saturated rings. The first-order valence-corrected chi connectivity index (χ1v) is 12.0. The molecular formula is C24H36IN5OS. The lowest BCUT2D eigenvalue weighted by atomic mass is 10.1. The molecule has 1 aliphatic heterocycles. The summed E-state index contributed by atoms with van der Waals surface area (Å²) in [6.07, 6.45) is 1.52. The number of thiophene rings is 1. The molecule has 2 unspecified atom stereocenters. The van der Waals surface area contributed by atoms with E-state index in [1.165, 1.54) is 10.4 Å². The third kappa shape index (κ3) is 8.04. The first kappa shape index (κ1) is 26.6. The van der Waals surface area contributed by atoms with Crippen molar-refractivity contribution in [3.05, 3.63) is 58.3 Å². The Balaban J connectivity index is 0.00000363. The molecule has 1 saturated heterocycles. The van der Waals surface area contributed by atoms with Crippen LogP contribution in [0.4, 0.5) is 0 Å². The highest BCUT2D eigenvalue weighted by atomic mass is 127. The molecule has 1 aromatic heterocycles. The van der Waals surface area contributed by atoms with Crippen LogP contribution in [0.15, 0.2) is 52.8 Å².